The summed E-state index contributed by atoms with van der Waals surface area (Å²) in [5.74, 6) is 0.334. The fraction of sp³-hybridized carbons (Fsp3) is 0.227. The molecule has 1 aliphatic heterocycles. The zero-order valence-electron chi connectivity index (χ0n) is 16.4. The summed E-state index contributed by atoms with van der Waals surface area (Å²) in [4.78, 5) is 27.1. The molecular formula is C22H21ClN2O3S2. The number of para-hydroxylation sites is 2. The van der Waals surface area contributed by atoms with Gasteiger partial charge in [0.15, 0.2) is 0 Å². The molecule has 2 aromatic rings. The van der Waals surface area contributed by atoms with Gasteiger partial charge in [0.2, 0.25) is 5.91 Å². The standard InChI is InChI=1S/C22H21ClN2O3S2/c1-2-28-18-11-6-5-10-17(18)24-20(26)12-7-13-25-21(27)19(30-22(25)29)14-15-8-3-4-9-16(15)23/h3-6,8-11,14H,2,7,12-13H2,1H3,(H,24,26). The highest BCUT2D eigenvalue weighted by molar-refractivity contribution is 8.26. The number of benzene rings is 2. The highest BCUT2D eigenvalue weighted by atomic mass is 35.5. The maximum Gasteiger partial charge on any atom is 0.266 e. The van der Waals surface area contributed by atoms with Gasteiger partial charge in [-0.05, 0) is 43.2 Å². The number of hydrogen-bond acceptors (Lipinski definition) is 5. The van der Waals surface area contributed by atoms with Crippen molar-refractivity contribution in [3.63, 3.8) is 0 Å². The van der Waals surface area contributed by atoms with Gasteiger partial charge < -0.3 is 10.1 Å². The van der Waals surface area contributed by atoms with Crippen LogP contribution in [0.2, 0.25) is 5.02 Å². The quantitative estimate of drug-likeness (QED) is 0.424. The van der Waals surface area contributed by atoms with Gasteiger partial charge in [0.05, 0.1) is 17.2 Å². The van der Waals surface area contributed by atoms with Crippen molar-refractivity contribution in [2.24, 2.45) is 0 Å². The van der Waals surface area contributed by atoms with E-state index in [4.69, 9.17) is 28.6 Å². The Morgan fingerprint density at radius 3 is 2.73 bits per heavy atom. The second-order valence-electron chi connectivity index (χ2n) is 6.44. The predicted octanol–water partition coefficient (Wildman–Crippen LogP) is 5.36. The van der Waals surface area contributed by atoms with Gasteiger partial charge in [0, 0.05) is 18.0 Å². The molecule has 30 heavy (non-hydrogen) atoms. The van der Waals surface area contributed by atoms with Crippen LogP contribution in [0.5, 0.6) is 5.75 Å². The first-order valence-electron chi connectivity index (χ1n) is 9.51. The zero-order chi connectivity index (χ0) is 21.5. The minimum Gasteiger partial charge on any atom is -0.492 e. The minimum absolute atomic E-state index is 0.140. The van der Waals surface area contributed by atoms with Crippen LogP contribution in [0.4, 0.5) is 5.69 Å². The Balaban J connectivity index is 1.55. The van der Waals surface area contributed by atoms with Gasteiger partial charge in [-0.1, -0.05) is 65.9 Å². The summed E-state index contributed by atoms with van der Waals surface area (Å²) >= 11 is 12.8. The summed E-state index contributed by atoms with van der Waals surface area (Å²) in [6.07, 6.45) is 2.51. The number of thiocarbonyl (C=S) groups is 1. The Morgan fingerprint density at radius 1 is 1.23 bits per heavy atom. The minimum atomic E-state index is -0.160. The van der Waals surface area contributed by atoms with E-state index < -0.39 is 0 Å². The molecule has 0 radical (unpaired) electrons. The molecule has 0 aliphatic carbocycles. The molecule has 5 nitrogen and oxygen atoms in total. The highest BCUT2D eigenvalue weighted by Crippen LogP contribution is 2.34. The molecular weight excluding hydrogens is 440 g/mol. The van der Waals surface area contributed by atoms with Crippen molar-refractivity contribution in [3.05, 3.63) is 64.0 Å². The smallest absolute Gasteiger partial charge is 0.266 e. The highest BCUT2D eigenvalue weighted by Gasteiger charge is 2.31. The van der Waals surface area contributed by atoms with Crippen LogP contribution in [0.25, 0.3) is 6.08 Å². The lowest BCUT2D eigenvalue weighted by Gasteiger charge is -2.14. The van der Waals surface area contributed by atoms with Crippen molar-refractivity contribution >= 4 is 63.5 Å². The van der Waals surface area contributed by atoms with Crippen molar-refractivity contribution < 1.29 is 14.3 Å². The van der Waals surface area contributed by atoms with Crippen LogP contribution >= 0.6 is 35.6 Å². The Hall–Kier alpha value is -2.35. The van der Waals surface area contributed by atoms with Crippen LogP contribution in [0.1, 0.15) is 25.3 Å². The van der Waals surface area contributed by atoms with E-state index in [1.807, 2.05) is 43.3 Å². The molecule has 0 aromatic heterocycles. The van der Waals surface area contributed by atoms with Crippen LogP contribution < -0.4 is 10.1 Å². The van der Waals surface area contributed by atoms with Crippen molar-refractivity contribution in [2.75, 3.05) is 18.5 Å². The summed E-state index contributed by atoms with van der Waals surface area (Å²) in [5.41, 5.74) is 1.41. The number of nitrogens with zero attached hydrogens (tertiary/aromatic N) is 1. The molecule has 2 aromatic carbocycles. The van der Waals surface area contributed by atoms with Crippen molar-refractivity contribution in [1.82, 2.24) is 4.90 Å². The number of anilines is 1. The summed E-state index contributed by atoms with van der Waals surface area (Å²) in [6.45, 7) is 2.79. The predicted molar refractivity (Wildman–Crippen MR) is 127 cm³/mol. The number of nitrogens with one attached hydrogen (secondary N) is 1. The fourth-order valence-electron chi connectivity index (χ4n) is 2.89. The molecule has 8 heteroatoms. The lowest BCUT2D eigenvalue weighted by molar-refractivity contribution is -0.122. The monoisotopic (exact) mass is 460 g/mol. The summed E-state index contributed by atoms with van der Waals surface area (Å²) in [7, 11) is 0. The molecule has 1 fully saturated rings. The van der Waals surface area contributed by atoms with E-state index in [-0.39, 0.29) is 18.2 Å². The van der Waals surface area contributed by atoms with Crippen molar-refractivity contribution in [1.29, 1.82) is 0 Å². The van der Waals surface area contributed by atoms with Gasteiger partial charge in [-0.2, -0.15) is 0 Å². The maximum atomic E-state index is 12.7. The second-order valence-corrected chi connectivity index (χ2v) is 8.52. The first kappa shape index (κ1) is 22.3. The molecule has 1 N–H and O–H groups in total. The van der Waals surface area contributed by atoms with Crippen LogP contribution in [-0.2, 0) is 9.59 Å². The number of hydrogen-bond donors (Lipinski definition) is 1. The molecule has 0 bridgehead atoms. The normalized spacial score (nSPS) is 15.0. The van der Waals surface area contributed by atoms with Crippen molar-refractivity contribution in [3.8, 4) is 5.75 Å². The third-order valence-corrected chi connectivity index (χ3v) is 6.03. The van der Waals surface area contributed by atoms with Gasteiger partial charge in [-0.25, -0.2) is 0 Å². The lowest BCUT2D eigenvalue weighted by atomic mass is 10.2. The largest absolute Gasteiger partial charge is 0.492 e. The topological polar surface area (TPSA) is 58.6 Å². The summed E-state index contributed by atoms with van der Waals surface area (Å²) < 4.78 is 6.00. The Morgan fingerprint density at radius 2 is 1.97 bits per heavy atom. The van der Waals surface area contributed by atoms with Crippen LogP contribution in [-0.4, -0.2) is 34.2 Å². The Bertz CT molecular complexity index is 994. The van der Waals surface area contributed by atoms with Gasteiger partial charge in [-0.3, -0.25) is 14.5 Å². The van der Waals surface area contributed by atoms with Crippen LogP contribution in [0.3, 0.4) is 0 Å². The fourth-order valence-corrected chi connectivity index (χ4v) is 4.38. The van der Waals surface area contributed by atoms with E-state index in [0.717, 1.165) is 5.56 Å². The molecule has 1 heterocycles. The molecule has 1 saturated heterocycles. The van der Waals surface area contributed by atoms with Gasteiger partial charge in [0.25, 0.3) is 5.91 Å². The molecule has 0 saturated carbocycles. The van der Waals surface area contributed by atoms with Crippen LogP contribution in [0, 0.1) is 0 Å². The molecule has 3 rings (SSSR count). The Labute approximate surface area is 190 Å². The van der Waals surface area contributed by atoms with E-state index in [2.05, 4.69) is 5.32 Å². The van der Waals surface area contributed by atoms with Crippen LogP contribution in [0.15, 0.2) is 53.4 Å². The summed E-state index contributed by atoms with van der Waals surface area (Å²) in [5, 5.41) is 3.44. The van der Waals surface area contributed by atoms with E-state index in [0.29, 0.717) is 45.3 Å². The number of halogens is 1. The van der Waals surface area contributed by atoms with Gasteiger partial charge >= 0.3 is 0 Å². The van der Waals surface area contributed by atoms with E-state index in [1.165, 1.54) is 16.7 Å². The first-order chi connectivity index (χ1) is 14.5. The molecule has 156 valence electrons. The van der Waals surface area contributed by atoms with E-state index in [1.54, 1.807) is 18.2 Å². The third-order valence-electron chi connectivity index (χ3n) is 4.31. The molecule has 0 atom stereocenters. The molecule has 0 spiro atoms. The molecule has 1 aliphatic rings. The number of carbonyl (C=O) groups excluding carboxylic acids is 2. The van der Waals surface area contributed by atoms with E-state index in [9.17, 15) is 9.59 Å². The number of amides is 2. The maximum absolute atomic E-state index is 12.7. The first-order valence-corrected chi connectivity index (χ1v) is 11.1. The SMILES string of the molecule is CCOc1ccccc1NC(=O)CCCN1C(=O)C(=Cc2ccccc2Cl)SC1=S. The number of carbonyl (C=O) groups is 2. The summed E-state index contributed by atoms with van der Waals surface area (Å²) in [6, 6.07) is 14.6. The molecule has 0 unspecified atom stereocenters. The number of ether oxygens (including phenoxy) is 1. The van der Waals surface area contributed by atoms with Gasteiger partial charge in [0.1, 0.15) is 10.1 Å². The number of rotatable bonds is 8. The average molecular weight is 461 g/mol. The molecule has 2 amide bonds. The average Bonchev–Trinajstić information content (AvgIpc) is 2.99. The zero-order valence-corrected chi connectivity index (χ0v) is 18.8. The lowest BCUT2D eigenvalue weighted by Crippen LogP contribution is -2.29. The Kier molecular flexibility index (Phi) is 7.90. The third kappa shape index (κ3) is 5.62. The van der Waals surface area contributed by atoms with Crippen molar-refractivity contribution in [2.45, 2.75) is 19.8 Å². The van der Waals surface area contributed by atoms with E-state index >= 15 is 0 Å². The second kappa shape index (κ2) is 10.6. The van der Waals surface area contributed by atoms with Gasteiger partial charge in [-0.15, -0.1) is 0 Å². The number of thioether (sulfide) groups is 1.